The maximum atomic E-state index is 5.97. The maximum absolute atomic E-state index is 5.97. The van der Waals surface area contributed by atoms with Crippen LogP contribution >= 0.6 is 0 Å². The van der Waals surface area contributed by atoms with Crippen LogP contribution in [-0.2, 0) is 19.5 Å². The molecular formula is C19H27N3. The molecule has 0 bridgehead atoms. The summed E-state index contributed by atoms with van der Waals surface area (Å²) in [5.74, 6) is 0. The van der Waals surface area contributed by atoms with Gasteiger partial charge in [0.2, 0.25) is 0 Å². The Kier molecular flexibility index (Phi) is 5.58. The monoisotopic (exact) mass is 297 g/mol. The number of hydrogen-bond acceptors (Lipinski definition) is 3. The molecule has 0 heterocycles. The highest BCUT2D eigenvalue weighted by Crippen LogP contribution is 2.21. The van der Waals surface area contributed by atoms with Crippen molar-refractivity contribution in [2.75, 3.05) is 33.9 Å². The Morgan fingerprint density at radius 2 is 1.27 bits per heavy atom. The van der Waals surface area contributed by atoms with Crippen molar-refractivity contribution in [3.8, 4) is 0 Å². The van der Waals surface area contributed by atoms with Gasteiger partial charge < -0.3 is 15.5 Å². The molecule has 0 saturated carbocycles. The average molecular weight is 297 g/mol. The summed E-state index contributed by atoms with van der Waals surface area (Å²) in [5.41, 5.74) is 12.2. The molecule has 2 rings (SSSR count). The number of nitrogens with two attached hydrogens (primary N) is 1. The Morgan fingerprint density at radius 1 is 0.727 bits per heavy atom. The first-order valence-corrected chi connectivity index (χ1v) is 7.69. The Bertz CT molecular complexity index is 618. The largest absolute Gasteiger partial charge is 0.399 e. The molecule has 22 heavy (non-hydrogen) atoms. The third kappa shape index (κ3) is 4.58. The van der Waals surface area contributed by atoms with Gasteiger partial charge in [0.1, 0.15) is 0 Å². The number of benzene rings is 2. The van der Waals surface area contributed by atoms with E-state index in [2.05, 4.69) is 74.4 Å². The van der Waals surface area contributed by atoms with E-state index in [0.717, 1.165) is 25.2 Å². The zero-order valence-corrected chi connectivity index (χ0v) is 14.1. The minimum atomic E-state index is 0.835. The number of nitrogen functional groups attached to an aromatic ring is 1. The van der Waals surface area contributed by atoms with Crippen molar-refractivity contribution in [2.24, 2.45) is 0 Å². The lowest BCUT2D eigenvalue weighted by Gasteiger charge is -2.18. The Labute approximate surface area is 134 Å². The summed E-state index contributed by atoms with van der Waals surface area (Å²) in [6.07, 6.45) is 0.952. The summed E-state index contributed by atoms with van der Waals surface area (Å²) >= 11 is 0. The number of rotatable bonds is 6. The van der Waals surface area contributed by atoms with Crippen molar-refractivity contribution in [1.82, 2.24) is 9.80 Å². The predicted octanol–water partition coefficient (Wildman–Crippen LogP) is 2.98. The molecule has 2 aromatic rings. The molecule has 0 aromatic heterocycles. The summed E-state index contributed by atoms with van der Waals surface area (Å²) in [6, 6.07) is 15.0. The zero-order chi connectivity index (χ0) is 16.1. The lowest BCUT2D eigenvalue weighted by Crippen LogP contribution is -2.14. The van der Waals surface area contributed by atoms with E-state index >= 15 is 0 Å². The van der Waals surface area contributed by atoms with E-state index in [-0.39, 0.29) is 0 Å². The molecule has 2 N–H and O–H groups in total. The standard InChI is InChI=1S/C19H27N3/c1-21(2)13-17-8-6-5-7-15(17)11-16-9-10-19(20)12-18(16)14-22(3)4/h5-10,12H,11,13-14,20H2,1-4H3. The Morgan fingerprint density at radius 3 is 1.91 bits per heavy atom. The predicted molar refractivity (Wildman–Crippen MR) is 94.9 cm³/mol. The molecule has 2 aromatic carbocycles. The summed E-state index contributed by atoms with van der Waals surface area (Å²) in [7, 11) is 8.40. The molecule has 0 amide bonds. The topological polar surface area (TPSA) is 32.5 Å². The second-order valence-corrected chi connectivity index (χ2v) is 6.45. The lowest BCUT2D eigenvalue weighted by atomic mass is 9.95. The SMILES string of the molecule is CN(C)Cc1ccccc1Cc1ccc(N)cc1CN(C)C. The first kappa shape index (κ1) is 16.5. The van der Waals surface area contributed by atoms with E-state index in [0.29, 0.717) is 0 Å². The van der Waals surface area contributed by atoms with Crippen LogP contribution in [0.25, 0.3) is 0 Å². The molecule has 0 atom stereocenters. The molecule has 0 aliphatic rings. The van der Waals surface area contributed by atoms with Crippen LogP contribution in [0.15, 0.2) is 42.5 Å². The molecule has 0 radical (unpaired) electrons. The van der Waals surface area contributed by atoms with Gasteiger partial charge in [0, 0.05) is 18.8 Å². The van der Waals surface area contributed by atoms with Crippen LogP contribution in [0.3, 0.4) is 0 Å². The van der Waals surface area contributed by atoms with Gasteiger partial charge in [0.25, 0.3) is 0 Å². The quantitative estimate of drug-likeness (QED) is 0.832. The van der Waals surface area contributed by atoms with Gasteiger partial charge >= 0.3 is 0 Å². The minimum Gasteiger partial charge on any atom is -0.399 e. The highest BCUT2D eigenvalue weighted by Gasteiger charge is 2.09. The van der Waals surface area contributed by atoms with Crippen LogP contribution in [0.1, 0.15) is 22.3 Å². The van der Waals surface area contributed by atoms with E-state index in [1.165, 1.54) is 22.3 Å². The highest BCUT2D eigenvalue weighted by atomic mass is 15.1. The summed E-state index contributed by atoms with van der Waals surface area (Å²) in [5, 5.41) is 0. The molecule has 0 aliphatic heterocycles. The molecule has 0 unspecified atom stereocenters. The van der Waals surface area contributed by atoms with Crippen molar-refractivity contribution < 1.29 is 0 Å². The molecule has 0 saturated heterocycles. The van der Waals surface area contributed by atoms with Crippen molar-refractivity contribution in [3.63, 3.8) is 0 Å². The molecule has 0 spiro atoms. The summed E-state index contributed by atoms with van der Waals surface area (Å²) in [6.45, 7) is 1.88. The van der Waals surface area contributed by atoms with Crippen molar-refractivity contribution in [2.45, 2.75) is 19.5 Å². The average Bonchev–Trinajstić information content (AvgIpc) is 2.42. The second kappa shape index (κ2) is 7.43. The van der Waals surface area contributed by atoms with E-state index < -0.39 is 0 Å². The molecule has 0 aliphatic carbocycles. The Balaban J connectivity index is 2.31. The molecular weight excluding hydrogens is 270 g/mol. The van der Waals surface area contributed by atoms with E-state index in [4.69, 9.17) is 5.73 Å². The van der Waals surface area contributed by atoms with Crippen LogP contribution in [0.5, 0.6) is 0 Å². The molecule has 3 nitrogen and oxygen atoms in total. The van der Waals surface area contributed by atoms with Gasteiger partial charge in [0.05, 0.1) is 0 Å². The van der Waals surface area contributed by atoms with Gasteiger partial charge in [-0.25, -0.2) is 0 Å². The van der Waals surface area contributed by atoms with Gasteiger partial charge in [-0.2, -0.15) is 0 Å². The van der Waals surface area contributed by atoms with Gasteiger partial charge in [-0.15, -0.1) is 0 Å². The number of anilines is 1. The third-order valence-corrected chi connectivity index (χ3v) is 3.70. The minimum absolute atomic E-state index is 0.835. The third-order valence-electron chi connectivity index (χ3n) is 3.70. The van der Waals surface area contributed by atoms with Gasteiger partial charge in [-0.05, 0) is 69.0 Å². The number of hydrogen-bond donors (Lipinski definition) is 1. The molecule has 3 heteroatoms. The fourth-order valence-electron chi connectivity index (χ4n) is 2.74. The van der Waals surface area contributed by atoms with Crippen LogP contribution in [0.4, 0.5) is 5.69 Å². The normalized spacial score (nSPS) is 11.4. The van der Waals surface area contributed by atoms with Gasteiger partial charge in [-0.1, -0.05) is 30.3 Å². The highest BCUT2D eigenvalue weighted by molar-refractivity contribution is 5.46. The lowest BCUT2D eigenvalue weighted by molar-refractivity contribution is 0.399. The van der Waals surface area contributed by atoms with E-state index in [9.17, 15) is 0 Å². The molecule has 0 fully saturated rings. The summed E-state index contributed by atoms with van der Waals surface area (Å²) < 4.78 is 0. The fraction of sp³-hybridized carbons (Fsp3) is 0.368. The van der Waals surface area contributed by atoms with Crippen molar-refractivity contribution in [3.05, 3.63) is 64.7 Å². The van der Waals surface area contributed by atoms with Crippen LogP contribution in [0.2, 0.25) is 0 Å². The first-order chi connectivity index (χ1) is 10.5. The van der Waals surface area contributed by atoms with Crippen molar-refractivity contribution >= 4 is 5.69 Å². The zero-order valence-electron chi connectivity index (χ0n) is 14.1. The van der Waals surface area contributed by atoms with E-state index in [1.807, 2.05) is 6.07 Å². The van der Waals surface area contributed by atoms with Gasteiger partial charge in [-0.3, -0.25) is 0 Å². The smallest absolute Gasteiger partial charge is 0.0317 e. The maximum Gasteiger partial charge on any atom is 0.0317 e. The Hall–Kier alpha value is -1.84. The van der Waals surface area contributed by atoms with Gasteiger partial charge in [0.15, 0.2) is 0 Å². The second-order valence-electron chi connectivity index (χ2n) is 6.45. The van der Waals surface area contributed by atoms with Crippen LogP contribution < -0.4 is 5.73 Å². The van der Waals surface area contributed by atoms with Crippen molar-refractivity contribution in [1.29, 1.82) is 0 Å². The first-order valence-electron chi connectivity index (χ1n) is 7.69. The molecule has 118 valence electrons. The fourth-order valence-corrected chi connectivity index (χ4v) is 2.74. The van der Waals surface area contributed by atoms with Crippen LogP contribution in [0, 0.1) is 0 Å². The van der Waals surface area contributed by atoms with Crippen LogP contribution in [-0.4, -0.2) is 38.0 Å². The van der Waals surface area contributed by atoms with E-state index in [1.54, 1.807) is 0 Å². The summed E-state index contributed by atoms with van der Waals surface area (Å²) in [4.78, 5) is 4.40. The number of nitrogens with zero attached hydrogens (tertiary/aromatic N) is 2.